The molecule has 1 N–H and O–H groups in total. The average molecular weight is 250 g/mol. The van der Waals surface area contributed by atoms with Gasteiger partial charge in [-0.05, 0) is 37.9 Å². The van der Waals surface area contributed by atoms with Crippen molar-refractivity contribution >= 4 is 28.8 Å². The van der Waals surface area contributed by atoms with Crippen LogP contribution in [0.3, 0.4) is 0 Å². The predicted octanol–water partition coefficient (Wildman–Crippen LogP) is 3.15. The number of rotatable bonds is 3. The van der Waals surface area contributed by atoms with Crippen molar-refractivity contribution in [1.29, 1.82) is 0 Å². The molecule has 1 aromatic heterocycles. The minimum absolute atomic E-state index is 0. The fraction of sp³-hybridized carbons (Fsp3) is 0.308. The van der Waals surface area contributed by atoms with Crippen molar-refractivity contribution in [3.8, 4) is 0 Å². The standard InChI is InChI=1S/C13H16N2OS.H2/c1-9(2)14-13(16)12-8-10-6-4-5-7-11(10)15(12)17-3;/h4-9H,1-3H3,(H,14,16);1H. The Balaban J connectivity index is 0.00000162. The normalized spacial score (nSPS) is 11.1. The summed E-state index contributed by atoms with van der Waals surface area (Å²) >= 11 is 1.54. The summed E-state index contributed by atoms with van der Waals surface area (Å²) in [5.41, 5.74) is 1.78. The highest BCUT2D eigenvalue weighted by Gasteiger charge is 2.15. The first-order valence-electron chi connectivity index (χ1n) is 5.59. The molecule has 0 aliphatic carbocycles. The van der Waals surface area contributed by atoms with E-state index in [9.17, 15) is 4.79 Å². The fourth-order valence-corrected chi connectivity index (χ4v) is 2.52. The number of amides is 1. The molecule has 0 fully saturated rings. The van der Waals surface area contributed by atoms with Gasteiger partial charge in [0.1, 0.15) is 5.69 Å². The van der Waals surface area contributed by atoms with E-state index in [1.54, 1.807) is 11.9 Å². The van der Waals surface area contributed by atoms with E-state index >= 15 is 0 Å². The van der Waals surface area contributed by atoms with Crippen LogP contribution in [0.2, 0.25) is 0 Å². The quantitative estimate of drug-likeness (QED) is 0.908. The summed E-state index contributed by atoms with van der Waals surface area (Å²) in [5, 5.41) is 4.01. The summed E-state index contributed by atoms with van der Waals surface area (Å²) in [5.74, 6) is -0.0226. The first-order chi connectivity index (χ1) is 8.13. The minimum Gasteiger partial charge on any atom is -0.349 e. The maximum absolute atomic E-state index is 12.1. The molecule has 1 aromatic carbocycles. The van der Waals surface area contributed by atoms with Crippen LogP contribution >= 0.6 is 11.9 Å². The van der Waals surface area contributed by atoms with Crippen LogP contribution in [0.5, 0.6) is 0 Å². The van der Waals surface area contributed by atoms with Crippen LogP contribution in [0.15, 0.2) is 30.3 Å². The van der Waals surface area contributed by atoms with Crippen molar-refractivity contribution < 1.29 is 6.22 Å². The molecule has 92 valence electrons. The molecule has 4 heteroatoms. The third kappa shape index (κ3) is 2.31. The van der Waals surface area contributed by atoms with E-state index in [0.29, 0.717) is 5.69 Å². The largest absolute Gasteiger partial charge is 0.349 e. The Morgan fingerprint density at radius 2 is 2.12 bits per heavy atom. The molecule has 2 rings (SSSR count). The highest BCUT2D eigenvalue weighted by Crippen LogP contribution is 2.23. The lowest BCUT2D eigenvalue weighted by molar-refractivity contribution is 0.0938. The predicted molar refractivity (Wildman–Crippen MR) is 75.6 cm³/mol. The maximum Gasteiger partial charge on any atom is 0.269 e. The van der Waals surface area contributed by atoms with Crippen LogP contribution in [-0.2, 0) is 0 Å². The molecule has 17 heavy (non-hydrogen) atoms. The summed E-state index contributed by atoms with van der Waals surface area (Å²) in [6.07, 6.45) is 1.97. The first kappa shape index (κ1) is 12.0. The summed E-state index contributed by atoms with van der Waals surface area (Å²) < 4.78 is 1.97. The number of aromatic nitrogens is 1. The van der Waals surface area contributed by atoms with E-state index < -0.39 is 0 Å². The number of hydrogen-bond donors (Lipinski definition) is 1. The zero-order valence-electron chi connectivity index (χ0n) is 10.2. The van der Waals surface area contributed by atoms with Gasteiger partial charge in [0.25, 0.3) is 5.91 Å². The van der Waals surface area contributed by atoms with Gasteiger partial charge in [-0.3, -0.25) is 8.77 Å². The molecule has 1 heterocycles. The molecule has 0 aliphatic heterocycles. The number of carbonyl (C=O) groups is 1. The van der Waals surface area contributed by atoms with Crippen molar-refractivity contribution in [3.63, 3.8) is 0 Å². The first-order valence-corrected chi connectivity index (χ1v) is 6.77. The van der Waals surface area contributed by atoms with Gasteiger partial charge in [0, 0.05) is 19.1 Å². The monoisotopic (exact) mass is 250 g/mol. The molecular formula is C13H18N2OS. The van der Waals surface area contributed by atoms with Crippen LogP contribution in [0.1, 0.15) is 25.8 Å². The zero-order chi connectivity index (χ0) is 12.4. The van der Waals surface area contributed by atoms with E-state index in [2.05, 4.69) is 5.32 Å². The summed E-state index contributed by atoms with van der Waals surface area (Å²) in [6.45, 7) is 3.92. The Kier molecular flexibility index (Phi) is 3.43. The van der Waals surface area contributed by atoms with Crippen LogP contribution in [0.4, 0.5) is 0 Å². The number of benzene rings is 1. The lowest BCUT2D eigenvalue weighted by Gasteiger charge is -2.10. The summed E-state index contributed by atoms with van der Waals surface area (Å²) in [4.78, 5) is 12.1. The van der Waals surface area contributed by atoms with Gasteiger partial charge in [-0.1, -0.05) is 18.2 Å². The van der Waals surface area contributed by atoms with Crippen LogP contribution in [-0.4, -0.2) is 22.2 Å². The SMILES string of the molecule is CSn1c(C(=O)NC(C)C)cc2ccccc21.[HH]. The number of carbonyl (C=O) groups excluding carboxylic acids is 1. The Labute approximate surface area is 107 Å². The number of para-hydroxylation sites is 1. The van der Waals surface area contributed by atoms with Gasteiger partial charge in [0.05, 0.1) is 5.52 Å². The van der Waals surface area contributed by atoms with Crippen molar-refractivity contribution in [2.75, 3.05) is 6.26 Å². The van der Waals surface area contributed by atoms with Gasteiger partial charge in [-0.25, -0.2) is 0 Å². The van der Waals surface area contributed by atoms with E-state index in [1.165, 1.54) is 0 Å². The third-order valence-electron chi connectivity index (χ3n) is 2.50. The molecular weight excluding hydrogens is 232 g/mol. The molecule has 0 radical (unpaired) electrons. The molecule has 2 aromatic rings. The fourth-order valence-electron chi connectivity index (χ4n) is 1.82. The Hall–Kier alpha value is -1.42. The summed E-state index contributed by atoms with van der Waals surface area (Å²) in [6, 6.07) is 10.1. The number of nitrogens with one attached hydrogen (secondary N) is 1. The topological polar surface area (TPSA) is 34.0 Å². The number of hydrogen-bond acceptors (Lipinski definition) is 2. The Morgan fingerprint density at radius 1 is 1.41 bits per heavy atom. The lowest BCUT2D eigenvalue weighted by Crippen LogP contribution is -2.31. The second-order valence-corrected chi connectivity index (χ2v) is 4.92. The molecule has 0 unspecified atom stereocenters. The van der Waals surface area contributed by atoms with Gasteiger partial charge >= 0.3 is 0 Å². The second kappa shape index (κ2) is 4.84. The highest BCUT2D eigenvalue weighted by atomic mass is 32.2. The Bertz CT molecular complexity index is 551. The molecule has 0 spiro atoms. The van der Waals surface area contributed by atoms with E-state index in [1.807, 2.05) is 54.4 Å². The average Bonchev–Trinajstić information content (AvgIpc) is 2.66. The zero-order valence-corrected chi connectivity index (χ0v) is 11.0. The van der Waals surface area contributed by atoms with Gasteiger partial charge in [0.2, 0.25) is 0 Å². The molecule has 0 saturated carbocycles. The van der Waals surface area contributed by atoms with E-state index in [-0.39, 0.29) is 13.4 Å². The van der Waals surface area contributed by atoms with Gasteiger partial charge in [0.15, 0.2) is 0 Å². The molecule has 3 nitrogen and oxygen atoms in total. The van der Waals surface area contributed by atoms with Crippen molar-refractivity contribution in [2.24, 2.45) is 0 Å². The smallest absolute Gasteiger partial charge is 0.269 e. The van der Waals surface area contributed by atoms with Gasteiger partial charge < -0.3 is 5.32 Å². The van der Waals surface area contributed by atoms with Crippen LogP contribution < -0.4 is 5.32 Å². The number of nitrogens with zero attached hydrogens (tertiary/aromatic N) is 1. The van der Waals surface area contributed by atoms with Crippen molar-refractivity contribution in [3.05, 3.63) is 36.0 Å². The molecule has 0 bridgehead atoms. The van der Waals surface area contributed by atoms with E-state index in [0.717, 1.165) is 10.9 Å². The van der Waals surface area contributed by atoms with Gasteiger partial charge in [-0.15, -0.1) is 0 Å². The molecule has 0 saturated heterocycles. The third-order valence-corrected chi connectivity index (χ3v) is 3.26. The second-order valence-electron chi connectivity index (χ2n) is 4.19. The molecule has 0 aliphatic rings. The van der Waals surface area contributed by atoms with Crippen LogP contribution in [0, 0.1) is 0 Å². The van der Waals surface area contributed by atoms with E-state index in [4.69, 9.17) is 0 Å². The highest BCUT2D eigenvalue weighted by molar-refractivity contribution is 7.97. The molecule has 1 amide bonds. The molecule has 0 atom stereocenters. The maximum atomic E-state index is 12.1. The number of fused-ring (bicyclic) bond motifs is 1. The van der Waals surface area contributed by atoms with Gasteiger partial charge in [-0.2, -0.15) is 0 Å². The minimum atomic E-state index is -0.0226. The van der Waals surface area contributed by atoms with Crippen molar-refractivity contribution in [2.45, 2.75) is 19.9 Å². The van der Waals surface area contributed by atoms with Crippen LogP contribution in [0.25, 0.3) is 10.9 Å². The Morgan fingerprint density at radius 3 is 2.76 bits per heavy atom. The lowest BCUT2D eigenvalue weighted by atomic mass is 10.2. The van der Waals surface area contributed by atoms with Crippen molar-refractivity contribution in [1.82, 2.24) is 9.29 Å². The summed E-state index contributed by atoms with van der Waals surface area (Å²) in [7, 11) is 0.